The smallest absolute Gasteiger partial charge is 0.326 e. The van der Waals surface area contributed by atoms with Gasteiger partial charge in [0.1, 0.15) is 18.6 Å². The molecular formula is C27H28N4O10. The second-order valence-corrected chi connectivity index (χ2v) is 9.82. The summed E-state index contributed by atoms with van der Waals surface area (Å²) >= 11 is 0. The first-order valence-electron chi connectivity index (χ1n) is 12.9. The average Bonchev–Trinajstić information content (AvgIpc) is 2.92. The summed E-state index contributed by atoms with van der Waals surface area (Å²) in [5.41, 5.74) is 1.32. The fraction of sp³-hybridized carbons (Fsp3) is 0.370. The number of carbonyl (C=O) groups excluding carboxylic acids is 4. The third-order valence-corrected chi connectivity index (χ3v) is 6.99. The van der Waals surface area contributed by atoms with Gasteiger partial charge in [-0.15, -0.1) is 0 Å². The van der Waals surface area contributed by atoms with Crippen molar-refractivity contribution < 1.29 is 48.9 Å². The van der Waals surface area contributed by atoms with E-state index in [9.17, 15) is 38.7 Å². The lowest BCUT2D eigenvalue weighted by atomic mass is 9.92. The van der Waals surface area contributed by atoms with E-state index < -0.39 is 73.0 Å². The molecule has 0 spiro atoms. The Morgan fingerprint density at radius 3 is 2.00 bits per heavy atom. The van der Waals surface area contributed by atoms with Crippen LogP contribution in [0.2, 0.25) is 0 Å². The van der Waals surface area contributed by atoms with E-state index in [1.165, 1.54) is 0 Å². The predicted molar refractivity (Wildman–Crippen MR) is 141 cm³/mol. The van der Waals surface area contributed by atoms with E-state index in [1.54, 1.807) is 18.2 Å². The molecule has 2 heterocycles. The largest absolute Gasteiger partial charge is 0.481 e. The quantitative estimate of drug-likeness (QED) is 0.235. The lowest BCUT2D eigenvalue weighted by molar-refractivity contribution is -0.148. The van der Waals surface area contributed by atoms with E-state index in [4.69, 9.17) is 10.2 Å². The molecule has 14 nitrogen and oxygen atoms in total. The third-order valence-electron chi connectivity index (χ3n) is 6.99. The van der Waals surface area contributed by atoms with E-state index in [1.807, 2.05) is 17.4 Å². The molecule has 0 saturated carbocycles. The standard InChI is InChI=1S/C27H28N4O10/c32-20(28-17(11-21(33)34)24(37)29-18(27(40)41)12-22(35)36)13-31-25(38)15-6-4-5-14-19(30-9-2-1-3-10-30)8-7-16(23(14)15)26(31)39/h4-8,17-18H,1-3,9-13H2,(H,28,32)(H,29,37)(H,33,34)(H,35,36)(H,40,41)/t17?,18-/m0/s1. The molecule has 2 aromatic rings. The highest BCUT2D eigenvalue weighted by molar-refractivity contribution is 6.27. The molecule has 1 saturated heterocycles. The molecule has 41 heavy (non-hydrogen) atoms. The van der Waals surface area contributed by atoms with Crippen molar-refractivity contribution in [3.05, 3.63) is 41.5 Å². The molecular weight excluding hydrogens is 540 g/mol. The summed E-state index contributed by atoms with van der Waals surface area (Å²) in [6, 6.07) is 4.77. The van der Waals surface area contributed by atoms with Crippen molar-refractivity contribution in [3.63, 3.8) is 0 Å². The molecule has 2 atom stereocenters. The summed E-state index contributed by atoms with van der Waals surface area (Å²) in [5.74, 6) is -8.54. The van der Waals surface area contributed by atoms with Crippen molar-refractivity contribution >= 4 is 58.0 Å². The number of aliphatic carboxylic acids is 3. The van der Waals surface area contributed by atoms with E-state index in [2.05, 4.69) is 10.2 Å². The van der Waals surface area contributed by atoms with Crippen molar-refractivity contribution in [1.82, 2.24) is 15.5 Å². The summed E-state index contributed by atoms with van der Waals surface area (Å²) in [4.78, 5) is 88.6. The van der Waals surface area contributed by atoms with Gasteiger partial charge in [-0.3, -0.25) is 33.7 Å². The summed E-state index contributed by atoms with van der Waals surface area (Å²) in [6.07, 6.45) is 1.22. The van der Waals surface area contributed by atoms with E-state index >= 15 is 0 Å². The minimum atomic E-state index is -1.88. The lowest BCUT2D eigenvalue weighted by Crippen LogP contribution is -2.55. The first-order chi connectivity index (χ1) is 19.5. The van der Waals surface area contributed by atoms with Crippen LogP contribution in [0.5, 0.6) is 0 Å². The Kier molecular flexibility index (Phi) is 8.50. The van der Waals surface area contributed by atoms with Crippen molar-refractivity contribution in [2.75, 3.05) is 24.5 Å². The Labute approximate surface area is 232 Å². The SMILES string of the molecule is O=C(O)CC(NC(=O)CN1C(=O)c2cccc3c(N4CCCCC4)ccc(c23)C1=O)C(=O)N[C@@H](CC(=O)O)C(=O)O. The first kappa shape index (κ1) is 29.0. The van der Waals surface area contributed by atoms with Gasteiger partial charge in [0.05, 0.1) is 12.8 Å². The fourth-order valence-corrected chi connectivity index (χ4v) is 5.10. The second-order valence-electron chi connectivity index (χ2n) is 9.82. The number of piperidine rings is 1. The maximum absolute atomic E-state index is 13.4. The molecule has 1 unspecified atom stereocenters. The molecule has 2 aliphatic heterocycles. The minimum Gasteiger partial charge on any atom is -0.481 e. The molecule has 2 aliphatic rings. The van der Waals surface area contributed by atoms with Crippen LogP contribution in [0.25, 0.3) is 10.8 Å². The summed E-state index contributed by atoms with van der Waals surface area (Å²) < 4.78 is 0. The zero-order chi connectivity index (χ0) is 29.8. The Morgan fingerprint density at radius 2 is 1.39 bits per heavy atom. The summed E-state index contributed by atoms with van der Waals surface area (Å²) in [6.45, 7) is 0.852. The van der Waals surface area contributed by atoms with Gasteiger partial charge in [-0.1, -0.05) is 12.1 Å². The van der Waals surface area contributed by atoms with Crippen LogP contribution in [0.15, 0.2) is 30.3 Å². The fourth-order valence-electron chi connectivity index (χ4n) is 5.10. The van der Waals surface area contributed by atoms with E-state index in [0.717, 1.165) is 43.4 Å². The minimum absolute atomic E-state index is 0.210. The zero-order valence-electron chi connectivity index (χ0n) is 21.8. The van der Waals surface area contributed by atoms with Gasteiger partial charge in [0.15, 0.2) is 0 Å². The zero-order valence-corrected chi connectivity index (χ0v) is 21.8. The summed E-state index contributed by atoms with van der Waals surface area (Å²) in [5, 5.41) is 32.4. The highest BCUT2D eigenvalue weighted by Gasteiger charge is 2.36. The molecule has 5 N–H and O–H groups in total. The maximum Gasteiger partial charge on any atom is 0.326 e. The number of benzene rings is 2. The van der Waals surface area contributed by atoms with Gasteiger partial charge in [-0.05, 0) is 37.5 Å². The number of carbonyl (C=O) groups is 7. The third kappa shape index (κ3) is 6.26. The van der Waals surface area contributed by atoms with Crippen LogP contribution in [-0.2, 0) is 24.0 Å². The van der Waals surface area contributed by atoms with Gasteiger partial charge in [0.25, 0.3) is 11.8 Å². The molecule has 0 aromatic heterocycles. The summed E-state index contributed by atoms with van der Waals surface area (Å²) in [7, 11) is 0. The number of hydrogen-bond acceptors (Lipinski definition) is 8. The topological polar surface area (TPSA) is 211 Å². The molecule has 0 radical (unpaired) electrons. The number of imide groups is 1. The normalized spacial score (nSPS) is 16.2. The van der Waals surface area contributed by atoms with Crippen molar-refractivity contribution in [3.8, 4) is 0 Å². The molecule has 0 aliphatic carbocycles. The van der Waals surface area contributed by atoms with Gasteiger partial charge >= 0.3 is 17.9 Å². The van der Waals surface area contributed by atoms with Crippen LogP contribution in [0.4, 0.5) is 5.69 Å². The number of amides is 4. The second kappa shape index (κ2) is 12.0. The highest BCUT2D eigenvalue weighted by atomic mass is 16.4. The van der Waals surface area contributed by atoms with E-state index in [-0.39, 0.29) is 11.1 Å². The number of carboxylic acid groups (broad SMARTS) is 3. The van der Waals surface area contributed by atoms with Crippen molar-refractivity contribution in [2.24, 2.45) is 0 Å². The van der Waals surface area contributed by atoms with Crippen molar-refractivity contribution in [1.29, 1.82) is 0 Å². The Hall–Kier alpha value is -5.01. The number of hydrogen-bond donors (Lipinski definition) is 5. The Morgan fingerprint density at radius 1 is 0.780 bits per heavy atom. The molecule has 2 aromatic carbocycles. The number of carboxylic acids is 3. The Balaban J connectivity index is 1.54. The van der Waals surface area contributed by atoms with Crippen LogP contribution < -0.4 is 15.5 Å². The van der Waals surface area contributed by atoms with Gasteiger partial charge < -0.3 is 30.9 Å². The lowest BCUT2D eigenvalue weighted by Gasteiger charge is -2.32. The van der Waals surface area contributed by atoms with Gasteiger partial charge in [0, 0.05) is 40.7 Å². The molecule has 216 valence electrons. The van der Waals surface area contributed by atoms with Gasteiger partial charge in [-0.25, -0.2) is 4.79 Å². The number of anilines is 1. The average molecular weight is 569 g/mol. The molecule has 4 amide bonds. The van der Waals surface area contributed by atoms with Gasteiger partial charge in [0.2, 0.25) is 11.8 Å². The number of nitrogens with zero attached hydrogens (tertiary/aromatic N) is 2. The van der Waals surface area contributed by atoms with Crippen molar-refractivity contribution in [2.45, 2.75) is 44.2 Å². The molecule has 0 bridgehead atoms. The highest BCUT2D eigenvalue weighted by Crippen LogP contribution is 2.36. The predicted octanol–water partition coefficient (Wildman–Crippen LogP) is 0.430. The first-order valence-corrected chi connectivity index (χ1v) is 12.9. The number of nitrogens with one attached hydrogen (secondary N) is 2. The maximum atomic E-state index is 13.4. The Bertz CT molecular complexity index is 1430. The molecule has 14 heteroatoms. The monoisotopic (exact) mass is 568 g/mol. The van der Waals surface area contributed by atoms with Crippen LogP contribution in [-0.4, -0.2) is 93.5 Å². The van der Waals surface area contributed by atoms with Crippen LogP contribution >= 0.6 is 0 Å². The van der Waals surface area contributed by atoms with Crippen LogP contribution in [0.1, 0.15) is 52.8 Å². The molecule has 1 fully saturated rings. The van der Waals surface area contributed by atoms with E-state index in [0.29, 0.717) is 10.3 Å². The van der Waals surface area contributed by atoms with Gasteiger partial charge in [-0.2, -0.15) is 0 Å². The van der Waals surface area contributed by atoms with Crippen LogP contribution in [0.3, 0.4) is 0 Å². The van der Waals surface area contributed by atoms with Crippen LogP contribution in [0, 0.1) is 0 Å². The molecule has 4 rings (SSSR count). The number of rotatable bonds is 11.